The fourth-order valence-electron chi connectivity index (χ4n) is 11.4. The van der Waals surface area contributed by atoms with Crippen molar-refractivity contribution in [2.24, 2.45) is 0 Å². The summed E-state index contributed by atoms with van der Waals surface area (Å²) in [6.45, 7) is 6.16. The number of carboxylic acid groups (broad SMARTS) is 1. The van der Waals surface area contributed by atoms with Gasteiger partial charge >= 0.3 is 23.9 Å². The molecule has 12 rings (SSSR count). The highest BCUT2D eigenvalue weighted by molar-refractivity contribution is 6.18. The summed E-state index contributed by atoms with van der Waals surface area (Å²) in [5.74, 6) is 2.70. The number of aliphatic hydroxyl groups excluding tert-OH is 1. The van der Waals surface area contributed by atoms with E-state index in [2.05, 4.69) is 67.2 Å². The molecule has 16 heteroatoms. The molecule has 0 saturated heterocycles. The van der Waals surface area contributed by atoms with Crippen molar-refractivity contribution in [2.75, 3.05) is 58.7 Å². The highest BCUT2D eigenvalue weighted by Gasteiger charge is 2.26. The van der Waals surface area contributed by atoms with Crippen molar-refractivity contribution in [2.45, 2.75) is 77.4 Å². The number of fused-ring (bicyclic) bond motifs is 14. The zero-order chi connectivity index (χ0) is 68.3. The molecule has 0 atom stereocenters. The lowest BCUT2D eigenvalue weighted by atomic mass is 9.92. The quantitative estimate of drug-likeness (QED) is 0.0191. The Balaban J connectivity index is 0.000000189. The number of ether oxygens (including phenoxy) is 9. The zero-order valence-corrected chi connectivity index (χ0v) is 55.3. The summed E-state index contributed by atoms with van der Waals surface area (Å²) in [4.78, 5) is 45.5. The Kier molecular flexibility index (Phi) is 27.7. The molecule has 0 bridgehead atoms. The smallest absolute Gasteiger partial charge is 0.331 e. The number of carbonyl (C=O) groups is 4. The first-order valence-electron chi connectivity index (χ1n) is 33.0. The molecular formula is C83H83ClO15. The topological polar surface area (TPSA) is 192 Å². The SMILES string of the molecule is C.C=CC(=O)OCCCCCCOc1ccc(/C=C/C(=O)OC2COc3ccc4ccccc4c3-c3c(ccc4ccccc34)OC2)cc1.O=C(O)/C=C/c1ccc(OCCCCCCOC(=O)CCCl)cc1.OC1COc2ccc3ccccc3c2-c2c(ccc3ccccc23)OC1. The van der Waals surface area contributed by atoms with Crippen molar-refractivity contribution in [3.63, 3.8) is 0 Å². The Morgan fingerprint density at radius 3 is 1.19 bits per heavy atom. The molecule has 0 aromatic heterocycles. The van der Waals surface area contributed by atoms with Crippen LogP contribution in [0.3, 0.4) is 0 Å². The number of carbonyl (C=O) groups excluding carboxylic acids is 3. The normalized spacial score (nSPS) is 12.7. The number of hydrogen-bond donors (Lipinski definition) is 2. The number of esters is 3. The average molecular weight is 1360 g/mol. The Morgan fingerprint density at radius 1 is 0.444 bits per heavy atom. The van der Waals surface area contributed by atoms with Gasteiger partial charge in [0.2, 0.25) is 0 Å². The molecular weight excluding hydrogens is 1270 g/mol. The second kappa shape index (κ2) is 37.8. The average Bonchev–Trinajstić information content (AvgIpc) is 1.59. The third-order valence-electron chi connectivity index (χ3n) is 16.2. The molecule has 2 aliphatic heterocycles. The molecule has 2 heterocycles. The van der Waals surface area contributed by atoms with Crippen LogP contribution in [0.25, 0.3) is 77.5 Å². The van der Waals surface area contributed by atoms with Gasteiger partial charge in [0.15, 0.2) is 6.10 Å². The van der Waals surface area contributed by atoms with Crippen LogP contribution >= 0.6 is 11.6 Å². The molecule has 0 spiro atoms. The van der Waals surface area contributed by atoms with Crippen LogP contribution in [0.1, 0.15) is 76.3 Å². The van der Waals surface area contributed by atoms with Gasteiger partial charge in [-0.2, -0.15) is 0 Å². The van der Waals surface area contributed by atoms with Crippen LogP contribution in [-0.4, -0.2) is 105 Å². The highest BCUT2D eigenvalue weighted by atomic mass is 35.5. The van der Waals surface area contributed by atoms with Gasteiger partial charge in [-0.3, -0.25) is 4.79 Å². The van der Waals surface area contributed by atoms with E-state index in [0.29, 0.717) is 43.8 Å². The molecule has 0 unspecified atom stereocenters. The number of carboxylic acids is 1. The third-order valence-corrected chi connectivity index (χ3v) is 16.4. The first-order valence-corrected chi connectivity index (χ1v) is 33.6. The van der Waals surface area contributed by atoms with Gasteiger partial charge in [-0.1, -0.05) is 160 Å². The zero-order valence-electron chi connectivity index (χ0n) is 54.5. The molecule has 99 heavy (non-hydrogen) atoms. The number of halogens is 1. The Labute approximate surface area is 582 Å². The van der Waals surface area contributed by atoms with Crippen molar-refractivity contribution in [3.05, 3.63) is 230 Å². The van der Waals surface area contributed by atoms with Gasteiger partial charge in [0.25, 0.3) is 0 Å². The molecule has 0 amide bonds. The summed E-state index contributed by atoms with van der Waals surface area (Å²) in [7, 11) is 0. The van der Waals surface area contributed by atoms with E-state index in [0.717, 1.165) is 157 Å². The standard InChI is InChI=1S/C41H38O7.C23H18O3.C18H23ClO5.CH4/c1-2-38(42)45-26-10-4-3-9-25-44-32-20-15-29(16-21-32)17-24-39(43)48-33-27-46-36-22-18-30-11-5-7-13-34(30)40(36)41-35-14-8-6-12-31(35)19-23-37(41)47-28-33;24-17-13-25-20-11-9-15-5-1-3-7-18(15)22(20)23-19-8-4-2-6-16(19)10-12-21(23)26-14-17;19-12-11-18(22)24-14-4-2-1-3-13-23-16-8-5-15(6-9-16)7-10-17(20)21;/h2,5-8,11-24,33H,1,3-4,9-10,25-28H2;1-12,17,24H,13-14H2;5-10H,1-4,11-14H2,(H,20,21);1H4/b24-17+;;10-7+;. The number of rotatable bonds is 24. The maximum Gasteiger partial charge on any atom is 0.331 e. The Bertz CT molecular complexity index is 4210. The summed E-state index contributed by atoms with van der Waals surface area (Å²) in [5, 5.41) is 27.6. The lowest BCUT2D eigenvalue weighted by molar-refractivity contribution is -0.146. The fraction of sp³-hybridized carbons (Fsp3) is 0.253. The maximum absolute atomic E-state index is 12.9. The molecule has 0 fully saturated rings. The summed E-state index contributed by atoms with van der Waals surface area (Å²) in [5.41, 5.74) is 5.62. The van der Waals surface area contributed by atoms with Crippen LogP contribution < -0.4 is 28.4 Å². The molecule has 10 aromatic carbocycles. The number of alkyl halides is 1. The number of aliphatic hydroxyl groups is 1. The maximum atomic E-state index is 12.9. The van der Waals surface area contributed by atoms with Crippen molar-refractivity contribution in [1.82, 2.24) is 0 Å². The summed E-state index contributed by atoms with van der Waals surface area (Å²) < 4.78 is 52.0. The lowest BCUT2D eigenvalue weighted by Gasteiger charge is -2.17. The highest BCUT2D eigenvalue weighted by Crippen LogP contribution is 2.48. The number of aliphatic carboxylic acids is 1. The second-order valence-corrected chi connectivity index (χ2v) is 23.7. The molecule has 0 saturated carbocycles. The minimum atomic E-state index is -0.968. The van der Waals surface area contributed by atoms with E-state index in [-0.39, 0.29) is 52.2 Å². The van der Waals surface area contributed by atoms with Crippen LogP contribution in [0.5, 0.6) is 34.5 Å². The van der Waals surface area contributed by atoms with Crippen LogP contribution in [0.4, 0.5) is 0 Å². The van der Waals surface area contributed by atoms with Crippen LogP contribution in [0.15, 0.2) is 219 Å². The first kappa shape index (κ1) is 72.7. The largest absolute Gasteiger partial charge is 0.494 e. The van der Waals surface area contributed by atoms with E-state index in [1.165, 1.54) is 18.2 Å². The van der Waals surface area contributed by atoms with Crippen molar-refractivity contribution in [1.29, 1.82) is 0 Å². The first-order chi connectivity index (χ1) is 48.0. The summed E-state index contributed by atoms with van der Waals surface area (Å²) in [6, 6.07) is 64.0. The van der Waals surface area contributed by atoms with E-state index in [4.69, 9.17) is 59.3 Å². The van der Waals surface area contributed by atoms with Crippen molar-refractivity contribution < 1.29 is 72.0 Å². The van der Waals surface area contributed by atoms with E-state index in [1.54, 1.807) is 6.08 Å². The van der Waals surface area contributed by atoms with E-state index in [1.807, 2.05) is 133 Å². The van der Waals surface area contributed by atoms with Gasteiger partial charge < -0.3 is 52.8 Å². The van der Waals surface area contributed by atoms with E-state index < -0.39 is 24.1 Å². The van der Waals surface area contributed by atoms with Crippen LogP contribution in [0, 0.1) is 0 Å². The summed E-state index contributed by atoms with van der Waals surface area (Å²) in [6.07, 6.45) is 13.3. The van der Waals surface area contributed by atoms with Gasteiger partial charge in [-0.25, -0.2) is 14.4 Å². The van der Waals surface area contributed by atoms with Crippen molar-refractivity contribution >= 4 is 90.7 Å². The Morgan fingerprint density at radius 2 is 0.808 bits per heavy atom. The third kappa shape index (κ3) is 21.0. The van der Waals surface area contributed by atoms with Gasteiger partial charge in [0.05, 0.1) is 32.8 Å². The molecule has 512 valence electrons. The number of benzene rings is 10. The van der Waals surface area contributed by atoms with Gasteiger partial charge in [-0.15, -0.1) is 11.6 Å². The predicted octanol–water partition coefficient (Wildman–Crippen LogP) is 18.0. The van der Waals surface area contributed by atoms with Gasteiger partial charge in [-0.05, 0) is 166 Å². The van der Waals surface area contributed by atoms with Crippen LogP contribution in [0.2, 0.25) is 0 Å². The molecule has 0 radical (unpaired) electrons. The fourth-order valence-corrected chi connectivity index (χ4v) is 11.5. The molecule has 0 aliphatic carbocycles. The second-order valence-electron chi connectivity index (χ2n) is 23.3. The Hall–Kier alpha value is -10.6. The van der Waals surface area contributed by atoms with Gasteiger partial charge in [0, 0.05) is 46.4 Å². The number of hydrogen-bond acceptors (Lipinski definition) is 14. The molecule has 15 nitrogen and oxygen atoms in total. The predicted molar refractivity (Wildman–Crippen MR) is 392 cm³/mol. The molecule has 2 N–H and O–H groups in total. The van der Waals surface area contributed by atoms with E-state index in [9.17, 15) is 24.3 Å². The van der Waals surface area contributed by atoms with Crippen LogP contribution in [-0.2, 0) is 33.4 Å². The molecule has 2 aliphatic rings. The van der Waals surface area contributed by atoms with Crippen molar-refractivity contribution in [3.8, 4) is 56.8 Å². The minimum absolute atomic E-state index is 0. The van der Waals surface area contributed by atoms with E-state index >= 15 is 0 Å². The lowest BCUT2D eigenvalue weighted by Crippen LogP contribution is -2.30. The minimum Gasteiger partial charge on any atom is -0.494 e. The number of unbranched alkanes of at least 4 members (excludes halogenated alkanes) is 6. The molecule has 10 aromatic rings. The monoisotopic (exact) mass is 1350 g/mol. The summed E-state index contributed by atoms with van der Waals surface area (Å²) >= 11 is 5.44. The van der Waals surface area contributed by atoms with Gasteiger partial charge in [0.1, 0.15) is 67.0 Å².